The maximum absolute atomic E-state index is 10.6. The van der Waals surface area contributed by atoms with Crippen LogP contribution in [0.3, 0.4) is 0 Å². The summed E-state index contributed by atoms with van der Waals surface area (Å²) < 4.78 is 5.04. The Balaban J connectivity index is 0.000000246. The van der Waals surface area contributed by atoms with E-state index < -0.39 is 6.09 Å². The molecule has 1 saturated carbocycles. The van der Waals surface area contributed by atoms with Gasteiger partial charge in [0, 0.05) is 14.1 Å². The van der Waals surface area contributed by atoms with Gasteiger partial charge in [-0.05, 0) is 12.1 Å². The van der Waals surface area contributed by atoms with Crippen LogP contribution in [-0.2, 0) is 0 Å². The zero-order valence-electron chi connectivity index (χ0n) is 13.1. The van der Waals surface area contributed by atoms with Gasteiger partial charge < -0.3 is 14.5 Å². The van der Waals surface area contributed by atoms with Crippen molar-refractivity contribution in [3.63, 3.8) is 0 Å². The van der Waals surface area contributed by atoms with Crippen molar-refractivity contribution in [2.45, 2.75) is 38.5 Å². The quantitative estimate of drug-likeness (QED) is 0.863. The molecule has 0 aliphatic heterocycles. The van der Waals surface area contributed by atoms with Crippen molar-refractivity contribution in [3.05, 3.63) is 18.2 Å². The zero-order valence-corrected chi connectivity index (χ0v) is 13.1. The van der Waals surface area contributed by atoms with Gasteiger partial charge in [0.05, 0.1) is 11.1 Å². The van der Waals surface area contributed by atoms with Crippen molar-refractivity contribution in [1.82, 2.24) is 5.16 Å². The molecule has 2 aromatic rings. The lowest BCUT2D eigenvalue weighted by Crippen LogP contribution is -2.11. The maximum Gasteiger partial charge on any atom is 0.410 e. The molecular formula is C16H23N3O3. The second-order valence-corrected chi connectivity index (χ2v) is 5.63. The summed E-state index contributed by atoms with van der Waals surface area (Å²) in [6.45, 7) is 0. The van der Waals surface area contributed by atoms with E-state index in [4.69, 9.17) is 9.63 Å². The first-order chi connectivity index (χ1) is 10.6. The first-order valence-corrected chi connectivity index (χ1v) is 7.65. The largest absolute Gasteiger partial charge is 0.465 e. The number of aromatic nitrogens is 1. The van der Waals surface area contributed by atoms with E-state index in [1.54, 1.807) is 6.07 Å². The third-order valence-corrected chi connectivity index (χ3v) is 3.68. The molecule has 1 aromatic heterocycles. The predicted octanol–water partition coefficient (Wildman–Crippen LogP) is 4.32. The lowest BCUT2D eigenvalue weighted by atomic mass is 10.0. The first kappa shape index (κ1) is 16.1. The van der Waals surface area contributed by atoms with Crippen molar-refractivity contribution < 1.29 is 14.4 Å². The summed E-state index contributed by atoms with van der Waals surface area (Å²) in [5.74, 6) is 0.215. The van der Waals surface area contributed by atoms with Gasteiger partial charge in [0.2, 0.25) is 0 Å². The minimum Gasteiger partial charge on any atom is -0.465 e. The summed E-state index contributed by atoms with van der Waals surface area (Å²) in [5.41, 5.74) is 1.40. The second-order valence-electron chi connectivity index (χ2n) is 5.63. The van der Waals surface area contributed by atoms with E-state index in [1.165, 1.54) is 38.5 Å². The fourth-order valence-corrected chi connectivity index (χ4v) is 2.59. The summed E-state index contributed by atoms with van der Waals surface area (Å²) in [4.78, 5) is 12.5. The zero-order chi connectivity index (χ0) is 15.9. The van der Waals surface area contributed by atoms with Gasteiger partial charge >= 0.3 is 6.09 Å². The molecule has 1 aromatic carbocycles. The molecule has 22 heavy (non-hydrogen) atoms. The number of hydrogen-bond donors (Lipinski definition) is 2. The van der Waals surface area contributed by atoms with Crippen molar-refractivity contribution in [1.29, 1.82) is 0 Å². The fourth-order valence-electron chi connectivity index (χ4n) is 2.59. The highest BCUT2D eigenvalue weighted by molar-refractivity contribution is 6.03. The summed E-state index contributed by atoms with van der Waals surface area (Å²) in [7, 11) is 3.73. The number of fused-ring (bicyclic) bond motifs is 1. The molecule has 0 atom stereocenters. The van der Waals surface area contributed by atoms with Crippen LogP contribution in [0, 0.1) is 0 Å². The van der Waals surface area contributed by atoms with Crippen molar-refractivity contribution >= 4 is 28.6 Å². The molecule has 0 radical (unpaired) electrons. The van der Waals surface area contributed by atoms with Gasteiger partial charge in [0.15, 0.2) is 11.4 Å². The first-order valence-electron chi connectivity index (χ1n) is 7.65. The number of carboxylic acid groups (broad SMARTS) is 1. The van der Waals surface area contributed by atoms with Gasteiger partial charge in [0.1, 0.15) is 0 Å². The highest BCUT2D eigenvalue weighted by atomic mass is 16.5. The van der Waals surface area contributed by atoms with Gasteiger partial charge in [-0.3, -0.25) is 5.32 Å². The van der Waals surface area contributed by atoms with E-state index in [0.717, 1.165) is 5.69 Å². The smallest absolute Gasteiger partial charge is 0.410 e. The lowest BCUT2D eigenvalue weighted by molar-refractivity contribution is 0.209. The monoisotopic (exact) mass is 305 g/mol. The fraction of sp³-hybridized carbons (Fsp3) is 0.500. The summed E-state index contributed by atoms with van der Waals surface area (Å²) in [5, 5.41) is 15.2. The molecule has 1 fully saturated rings. The van der Waals surface area contributed by atoms with Gasteiger partial charge in [-0.2, -0.15) is 0 Å². The van der Waals surface area contributed by atoms with E-state index in [0.29, 0.717) is 11.0 Å². The van der Waals surface area contributed by atoms with E-state index in [9.17, 15) is 4.79 Å². The van der Waals surface area contributed by atoms with E-state index >= 15 is 0 Å². The third kappa shape index (κ3) is 4.13. The molecule has 0 saturated heterocycles. The molecule has 2 N–H and O–H groups in total. The Labute approximate surface area is 130 Å². The number of amides is 1. The van der Waals surface area contributed by atoms with E-state index in [-0.39, 0.29) is 5.82 Å². The minimum atomic E-state index is -1.16. The lowest BCUT2D eigenvalue weighted by Gasteiger charge is -2.13. The van der Waals surface area contributed by atoms with Crippen LogP contribution in [0.25, 0.3) is 11.0 Å². The number of carbonyl (C=O) groups is 1. The molecule has 0 bridgehead atoms. The summed E-state index contributed by atoms with van der Waals surface area (Å²) in [6.07, 6.45) is 7.84. The van der Waals surface area contributed by atoms with E-state index in [1.807, 2.05) is 31.1 Å². The Morgan fingerprint density at radius 2 is 1.77 bits per heavy atom. The Morgan fingerprint density at radius 1 is 1.18 bits per heavy atom. The minimum absolute atomic E-state index is 0.215. The summed E-state index contributed by atoms with van der Waals surface area (Å²) in [6, 6.07) is 5.43. The third-order valence-electron chi connectivity index (χ3n) is 3.68. The maximum atomic E-state index is 10.6. The standard InChI is InChI=1S/C10H11N3O3.C6H12/c1-13(2)6-4-3-5-7-8(6)9(12-16-7)11-10(14)15;1-2-4-6-5-3-1/h3-5H,1-2H3,(H,11,12)(H,14,15);1-6H2. The number of hydrogen-bond acceptors (Lipinski definition) is 4. The van der Waals surface area contributed by atoms with Gasteiger partial charge in [0.25, 0.3) is 0 Å². The Bertz CT molecular complexity index is 607. The van der Waals surface area contributed by atoms with Crippen LogP contribution in [0.5, 0.6) is 0 Å². The Kier molecular flexibility index (Phi) is 5.63. The Morgan fingerprint density at radius 3 is 2.27 bits per heavy atom. The molecule has 0 spiro atoms. The van der Waals surface area contributed by atoms with Crippen LogP contribution < -0.4 is 10.2 Å². The number of benzene rings is 1. The molecule has 0 unspecified atom stereocenters. The SMILES string of the molecule is C1CCCCC1.CN(C)c1cccc2onc(NC(=O)O)c12. The number of nitrogens with one attached hydrogen (secondary N) is 1. The normalized spacial score (nSPS) is 14.1. The van der Waals surface area contributed by atoms with Gasteiger partial charge in [-0.25, -0.2) is 4.79 Å². The summed E-state index contributed by atoms with van der Waals surface area (Å²) >= 11 is 0. The topological polar surface area (TPSA) is 78.6 Å². The van der Waals surface area contributed by atoms with Gasteiger partial charge in [-0.15, -0.1) is 0 Å². The highest BCUT2D eigenvalue weighted by Gasteiger charge is 2.15. The van der Waals surface area contributed by atoms with Crippen molar-refractivity contribution in [2.75, 3.05) is 24.3 Å². The molecule has 1 aliphatic carbocycles. The molecule has 6 heteroatoms. The molecule has 120 valence electrons. The van der Waals surface area contributed by atoms with Gasteiger partial charge in [-0.1, -0.05) is 49.7 Å². The number of nitrogens with zero attached hydrogens (tertiary/aromatic N) is 2. The van der Waals surface area contributed by atoms with Crippen LogP contribution in [0.2, 0.25) is 0 Å². The average molecular weight is 305 g/mol. The average Bonchev–Trinajstić information content (AvgIpc) is 2.92. The molecule has 6 nitrogen and oxygen atoms in total. The van der Waals surface area contributed by atoms with E-state index in [2.05, 4.69) is 10.5 Å². The second kappa shape index (κ2) is 7.68. The molecular weight excluding hydrogens is 282 g/mol. The molecule has 1 amide bonds. The molecule has 1 aliphatic rings. The van der Waals surface area contributed by atoms with Crippen LogP contribution in [0.4, 0.5) is 16.3 Å². The highest BCUT2D eigenvalue weighted by Crippen LogP contribution is 2.31. The van der Waals surface area contributed by atoms with Crippen LogP contribution >= 0.6 is 0 Å². The van der Waals surface area contributed by atoms with Crippen LogP contribution in [0.15, 0.2) is 22.7 Å². The number of rotatable bonds is 2. The number of anilines is 2. The van der Waals surface area contributed by atoms with Crippen LogP contribution in [0.1, 0.15) is 38.5 Å². The predicted molar refractivity (Wildman–Crippen MR) is 87.7 cm³/mol. The van der Waals surface area contributed by atoms with Crippen LogP contribution in [-0.4, -0.2) is 30.5 Å². The molecule has 1 heterocycles. The Hall–Kier alpha value is -2.24. The van der Waals surface area contributed by atoms with Crippen molar-refractivity contribution in [2.24, 2.45) is 0 Å². The molecule has 3 rings (SSSR count). The van der Waals surface area contributed by atoms with Crippen molar-refractivity contribution in [3.8, 4) is 0 Å².